The van der Waals surface area contributed by atoms with Crippen molar-refractivity contribution in [2.24, 2.45) is 0 Å². The largest absolute Gasteiger partial charge is 0.375 e. The fourth-order valence-corrected chi connectivity index (χ4v) is 4.57. The molecule has 5 nitrogen and oxygen atoms in total. The van der Waals surface area contributed by atoms with Crippen molar-refractivity contribution in [1.82, 2.24) is 4.90 Å². The Morgan fingerprint density at radius 3 is 2.48 bits per heavy atom. The van der Waals surface area contributed by atoms with Crippen LogP contribution in [0.4, 0.5) is 5.69 Å². The fraction of sp³-hybridized carbons (Fsp3) is 0.391. The molecule has 2 heterocycles. The molecule has 1 atom stereocenters. The molecule has 0 saturated carbocycles. The van der Waals surface area contributed by atoms with Gasteiger partial charge in [0, 0.05) is 15.6 Å². The monoisotopic (exact) mass is 456 g/mol. The molecular formula is C23H25BrN2O3. The number of nitrogens with zero attached hydrogens (tertiary/aromatic N) is 2. The molecule has 152 valence electrons. The number of halogens is 1. The number of aryl methyl sites for hydroxylation is 1. The summed E-state index contributed by atoms with van der Waals surface area (Å²) >= 11 is 3.44. The molecule has 2 aromatic rings. The third kappa shape index (κ3) is 3.89. The molecule has 2 aliphatic rings. The van der Waals surface area contributed by atoms with Crippen LogP contribution in [0.5, 0.6) is 0 Å². The summed E-state index contributed by atoms with van der Waals surface area (Å²) in [6.45, 7) is 4.27. The van der Waals surface area contributed by atoms with Gasteiger partial charge in [-0.05, 0) is 51.1 Å². The van der Waals surface area contributed by atoms with Crippen LogP contribution < -0.4 is 4.90 Å². The minimum absolute atomic E-state index is 0.244. The molecule has 1 N–H and O–H groups in total. The summed E-state index contributed by atoms with van der Waals surface area (Å²) in [5.41, 5.74) is 0.885. The van der Waals surface area contributed by atoms with Crippen LogP contribution in [0, 0.1) is 6.92 Å². The second-order valence-corrected chi connectivity index (χ2v) is 8.96. The van der Waals surface area contributed by atoms with Crippen LogP contribution in [0.15, 0.2) is 46.9 Å². The average molecular weight is 457 g/mol. The van der Waals surface area contributed by atoms with Gasteiger partial charge in [0.05, 0.1) is 18.8 Å². The Kier molecular flexibility index (Phi) is 5.60. The van der Waals surface area contributed by atoms with Gasteiger partial charge in [-0.15, -0.1) is 0 Å². The molecule has 4 rings (SSSR count). The van der Waals surface area contributed by atoms with Crippen LogP contribution in [0.1, 0.15) is 47.2 Å². The number of hydrogen-bond donors (Lipinski definition) is 1. The molecule has 1 amide bonds. The Balaban J connectivity index is 1.65. The van der Waals surface area contributed by atoms with Crippen molar-refractivity contribution in [2.45, 2.75) is 38.2 Å². The maximum atomic E-state index is 13.4. The Hall–Kier alpha value is -2.02. The first-order valence-corrected chi connectivity index (χ1v) is 10.8. The number of ketones is 1. The number of Topliss-reactive ketones (excluding diaryl/α,β-unsaturated/α-hetero) is 1. The van der Waals surface area contributed by atoms with Gasteiger partial charge < -0.3 is 5.11 Å². The number of fused-ring (bicyclic) bond motifs is 1. The summed E-state index contributed by atoms with van der Waals surface area (Å²) < 4.78 is 0.769. The molecule has 2 aliphatic heterocycles. The highest BCUT2D eigenvalue weighted by molar-refractivity contribution is 9.10. The van der Waals surface area contributed by atoms with Gasteiger partial charge in [-0.3, -0.25) is 19.4 Å². The lowest BCUT2D eigenvalue weighted by Crippen LogP contribution is -2.47. The molecule has 0 aliphatic carbocycles. The third-order valence-corrected chi connectivity index (χ3v) is 6.37. The molecule has 0 aromatic heterocycles. The van der Waals surface area contributed by atoms with E-state index in [1.54, 1.807) is 23.1 Å². The Morgan fingerprint density at radius 2 is 1.79 bits per heavy atom. The standard InChI is InChI=1S/C23H25BrN2O3/c1-16-5-7-17(8-6-16)21(27)14-23(29)19-13-18(24)9-10-20(19)26(22(23)28)15-25-11-3-2-4-12-25/h5-10,13,29H,2-4,11-12,14-15H2,1H3/t23-/m1/s1. The topological polar surface area (TPSA) is 60.9 Å². The zero-order valence-electron chi connectivity index (χ0n) is 16.5. The minimum atomic E-state index is -1.85. The summed E-state index contributed by atoms with van der Waals surface area (Å²) in [6.07, 6.45) is 3.18. The van der Waals surface area contributed by atoms with E-state index in [0.717, 1.165) is 36.0 Å². The van der Waals surface area contributed by atoms with Crippen LogP contribution in [-0.4, -0.2) is 41.5 Å². The molecule has 2 aromatic carbocycles. The van der Waals surface area contributed by atoms with E-state index in [-0.39, 0.29) is 12.2 Å². The molecular weight excluding hydrogens is 432 g/mol. The van der Waals surface area contributed by atoms with Crippen molar-refractivity contribution in [3.63, 3.8) is 0 Å². The van der Waals surface area contributed by atoms with E-state index < -0.39 is 11.5 Å². The van der Waals surface area contributed by atoms with Gasteiger partial charge in [0.2, 0.25) is 0 Å². The fourth-order valence-electron chi connectivity index (χ4n) is 4.21. The number of amides is 1. The molecule has 0 unspecified atom stereocenters. The average Bonchev–Trinajstić information content (AvgIpc) is 2.91. The number of carbonyl (C=O) groups excluding carboxylic acids is 2. The van der Waals surface area contributed by atoms with Crippen molar-refractivity contribution in [2.75, 3.05) is 24.7 Å². The van der Waals surface area contributed by atoms with Gasteiger partial charge >= 0.3 is 0 Å². The molecule has 6 heteroatoms. The van der Waals surface area contributed by atoms with Crippen LogP contribution in [0.25, 0.3) is 0 Å². The van der Waals surface area contributed by atoms with Gasteiger partial charge in [0.15, 0.2) is 11.4 Å². The van der Waals surface area contributed by atoms with Crippen molar-refractivity contribution >= 4 is 33.3 Å². The lowest BCUT2D eigenvalue weighted by Gasteiger charge is -2.31. The Labute approximate surface area is 179 Å². The highest BCUT2D eigenvalue weighted by Gasteiger charge is 2.51. The lowest BCUT2D eigenvalue weighted by atomic mass is 9.88. The van der Waals surface area contributed by atoms with E-state index in [4.69, 9.17) is 0 Å². The van der Waals surface area contributed by atoms with Gasteiger partial charge in [0.1, 0.15) is 0 Å². The maximum Gasteiger partial charge on any atom is 0.265 e. The van der Waals surface area contributed by atoms with Crippen molar-refractivity contribution in [1.29, 1.82) is 0 Å². The number of piperidine rings is 1. The number of benzene rings is 2. The van der Waals surface area contributed by atoms with Crippen LogP contribution >= 0.6 is 15.9 Å². The summed E-state index contributed by atoms with van der Waals surface area (Å²) in [5, 5.41) is 11.5. The van der Waals surface area contributed by atoms with E-state index in [1.807, 2.05) is 31.2 Å². The van der Waals surface area contributed by atoms with E-state index in [9.17, 15) is 14.7 Å². The van der Waals surface area contributed by atoms with E-state index in [1.165, 1.54) is 6.42 Å². The number of carbonyl (C=O) groups is 2. The first-order valence-electron chi connectivity index (χ1n) is 10.0. The summed E-state index contributed by atoms with van der Waals surface area (Å²) in [7, 11) is 0. The third-order valence-electron chi connectivity index (χ3n) is 5.87. The normalized spacial score (nSPS) is 22.0. The van der Waals surface area contributed by atoms with E-state index >= 15 is 0 Å². The second kappa shape index (κ2) is 8.01. The van der Waals surface area contributed by atoms with Crippen LogP contribution in [0.3, 0.4) is 0 Å². The predicted molar refractivity (Wildman–Crippen MR) is 116 cm³/mol. The maximum absolute atomic E-state index is 13.4. The second-order valence-electron chi connectivity index (χ2n) is 8.04. The summed E-state index contributed by atoms with van der Waals surface area (Å²) in [4.78, 5) is 30.1. The number of anilines is 1. The molecule has 1 saturated heterocycles. The number of rotatable bonds is 5. The van der Waals surface area contributed by atoms with Crippen molar-refractivity contribution in [3.05, 3.63) is 63.6 Å². The van der Waals surface area contributed by atoms with Crippen molar-refractivity contribution < 1.29 is 14.7 Å². The van der Waals surface area contributed by atoms with Crippen LogP contribution in [-0.2, 0) is 10.4 Å². The van der Waals surface area contributed by atoms with E-state index in [2.05, 4.69) is 20.8 Å². The zero-order chi connectivity index (χ0) is 20.6. The number of hydrogen-bond acceptors (Lipinski definition) is 4. The molecule has 0 radical (unpaired) electrons. The zero-order valence-corrected chi connectivity index (χ0v) is 18.1. The molecule has 0 spiro atoms. The van der Waals surface area contributed by atoms with Gasteiger partial charge in [-0.1, -0.05) is 52.2 Å². The highest BCUT2D eigenvalue weighted by atomic mass is 79.9. The first kappa shape index (κ1) is 20.3. The lowest BCUT2D eigenvalue weighted by molar-refractivity contribution is -0.136. The minimum Gasteiger partial charge on any atom is -0.375 e. The Morgan fingerprint density at radius 1 is 1.10 bits per heavy atom. The molecule has 1 fully saturated rings. The van der Waals surface area contributed by atoms with Crippen LogP contribution in [0.2, 0.25) is 0 Å². The van der Waals surface area contributed by atoms with Crippen molar-refractivity contribution in [3.8, 4) is 0 Å². The van der Waals surface area contributed by atoms with Gasteiger partial charge in [0.25, 0.3) is 5.91 Å². The SMILES string of the molecule is Cc1ccc(C(=O)C[C@]2(O)C(=O)N(CN3CCCCC3)c3ccc(Br)cc32)cc1. The highest BCUT2D eigenvalue weighted by Crippen LogP contribution is 2.44. The molecule has 0 bridgehead atoms. The summed E-state index contributed by atoms with van der Waals surface area (Å²) in [6, 6.07) is 12.7. The summed E-state index contributed by atoms with van der Waals surface area (Å²) in [5.74, 6) is -0.664. The van der Waals surface area contributed by atoms with Gasteiger partial charge in [-0.2, -0.15) is 0 Å². The van der Waals surface area contributed by atoms with E-state index in [0.29, 0.717) is 23.5 Å². The first-order chi connectivity index (χ1) is 13.9. The smallest absolute Gasteiger partial charge is 0.265 e. The molecule has 29 heavy (non-hydrogen) atoms. The number of likely N-dealkylation sites (tertiary alicyclic amines) is 1. The number of aliphatic hydroxyl groups is 1. The Bertz CT molecular complexity index is 938. The van der Waals surface area contributed by atoms with Gasteiger partial charge in [-0.25, -0.2) is 0 Å². The quantitative estimate of drug-likeness (QED) is 0.690. The predicted octanol–water partition coefficient (Wildman–Crippen LogP) is 4.01.